The molecule has 1 fully saturated rings. The topological polar surface area (TPSA) is 81.7 Å². The summed E-state index contributed by atoms with van der Waals surface area (Å²) in [6, 6.07) is 6.27. The average molecular weight is 487 g/mol. The lowest BCUT2D eigenvalue weighted by Crippen LogP contribution is -2.30. The van der Waals surface area contributed by atoms with Crippen LogP contribution in [0.3, 0.4) is 0 Å². The van der Waals surface area contributed by atoms with Crippen LogP contribution in [-0.2, 0) is 14.3 Å². The molecule has 0 spiro atoms. The molecule has 144 valence electrons. The van der Waals surface area contributed by atoms with Crippen LogP contribution >= 0.6 is 22.6 Å². The van der Waals surface area contributed by atoms with E-state index in [0.29, 0.717) is 12.3 Å². The molecule has 1 unspecified atom stereocenters. The molecule has 27 heavy (non-hydrogen) atoms. The molecule has 0 bridgehead atoms. The molecule has 0 aliphatic carbocycles. The van der Waals surface area contributed by atoms with Gasteiger partial charge < -0.3 is 14.8 Å². The Hall–Kier alpha value is -1.82. The number of aromatic nitrogens is 1. The van der Waals surface area contributed by atoms with Crippen LogP contribution in [0.1, 0.15) is 24.2 Å². The summed E-state index contributed by atoms with van der Waals surface area (Å²) < 4.78 is 25.9. The summed E-state index contributed by atoms with van der Waals surface area (Å²) in [6.07, 6.45) is 2.65. The molecular formula is C18H19FIN3O4. The van der Waals surface area contributed by atoms with Crippen molar-refractivity contribution in [2.75, 3.05) is 18.5 Å². The van der Waals surface area contributed by atoms with Crippen molar-refractivity contribution in [3.8, 4) is 0 Å². The Bertz CT molecular complexity index is 834. The molecule has 0 radical (unpaired) electrons. The van der Waals surface area contributed by atoms with E-state index in [1.807, 2.05) is 36.4 Å². The normalized spacial score (nSPS) is 18.3. The van der Waals surface area contributed by atoms with Crippen molar-refractivity contribution < 1.29 is 23.5 Å². The van der Waals surface area contributed by atoms with Crippen LogP contribution in [-0.4, -0.2) is 36.0 Å². The number of pyridine rings is 1. The molecular weight excluding hydrogens is 468 g/mol. The highest BCUT2D eigenvalue weighted by Crippen LogP contribution is 2.24. The first kappa shape index (κ1) is 19.9. The Morgan fingerprint density at radius 3 is 2.93 bits per heavy atom. The lowest BCUT2D eigenvalue weighted by Gasteiger charge is -2.17. The maximum Gasteiger partial charge on any atom is 0.277 e. The van der Waals surface area contributed by atoms with E-state index in [9.17, 15) is 9.18 Å². The first-order chi connectivity index (χ1) is 12.8. The summed E-state index contributed by atoms with van der Waals surface area (Å²) in [5.41, 5.74) is 3.24. The molecule has 1 atom stereocenters. The summed E-state index contributed by atoms with van der Waals surface area (Å²) in [6.45, 7) is 4.15. The van der Waals surface area contributed by atoms with Crippen molar-refractivity contribution in [3.63, 3.8) is 0 Å². The number of hydroxylamine groups is 1. The summed E-state index contributed by atoms with van der Waals surface area (Å²) in [4.78, 5) is 21.7. The number of anilines is 2. The number of nitrogens with zero attached hydrogens (tertiary/aromatic N) is 1. The third-order valence-electron chi connectivity index (χ3n) is 3.77. The number of nitrogens with one attached hydrogen (secondary N) is 2. The van der Waals surface area contributed by atoms with Crippen LogP contribution in [0.4, 0.5) is 15.8 Å². The predicted molar refractivity (Wildman–Crippen MR) is 105 cm³/mol. The molecule has 1 aromatic carbocycles. The molecule has 1 saturated heterocycles. The van der Waals surface area contributed by atoms with Gasteiger partial charge in [0, 0.05) is 9.77 Å². The third-order valence-corrected chi connectivity index (χ3v) is 4.44. The van der Waals surface area contributed by atoms with Gasteiger partial charge >= 0.3 is 0 Å². The van der Waals surface area contributed by atoms with Gasteiger partial charge in [0.2, 0.25) is 0 Å². The van der Waals surface area contributed by atoms with Gasteiger partial charge in [-0.15, -0.1) is 0 Å². The zero-order valence-corrected chi connectivity index (χ0v) is 16.9. The summed E-state index contributed by atoms with van der Waals surface area (Å²) in [5.74, 6) is -1.56. The minimum Gasteiger partial charge on any atom is -0.351 e. The summed E-state index contributed by atoms with van der Waals surface area (Å²) >= 11 is 2.02. The maximum atomic E-state index is 14.1. The van der Waals surface area contributed by atoms with Crippen molar-refractivity contribution in [3.05, 3.63) is 51.6 Å². The van der Waals surface area contributed by atoms with Gasteiger partial charge in [-0.25, -0.2) is 9.87 Å². The van der Waals surface area contributed by atoms with Gasteiger partial charge in [-0.2, -0.15) is 0 Å². The number of amides is 1. The minimum atomic E-state index is -0.655. The molecule has 2 heterocycles. The smallest absolute Gasteiger partial charge is 0.277 e. The highest BCUT2D eigenvalue weighted by Gasteiger charge is 2.32. The molecule has 1 aliphatic heterocycles. The first-order valence-electron chi connectivity index (χ1n) is 8.24. The van der Waals surface area contributed by atoms with Gasteiger partial charge in [0.05, 0.1) is 29.7 Å². The number of halogens is 2. The van der Waals surface area contributed by atoms with E-state index in [2.05, 4.69) is 15.8 Å². The molecule has 0 saturated carbocycles. The van der Waals surface area contributed by atoms with Gasteiger partial charge in [-0.1, -0.05) is 0 Å². The van der Waals surface area contributed by atoms with Crippen molar-refractivity contribution in [1.29, 1.82) is 0 Å². The number of ether oxygens (including phenoxy) is 2. The summed E-state index contributed by atoms with van der Waals surface area (Å²) in [7, 11) is 0. The van der Waals surface area contributed by atoms with E-state index in [0.717, 1.165) is 3.57 Å². The number of carbonyl (C=O) groups is 1. The largest absolute Gasteiger partial charge is 0.351 e. The zero-order chi connectivity index (χ0) is 19.4. The maximum absolute atomic E-state index is 14.1. The second-order valence-corrected chi connectivity index (χ2v) is 7.61. The van der Waals surface area contributed by atoms with E-state index in [1.165, 1.54) is 24.5 Å². The Labute approximate surface area is 169 Å². The van der Waals surface area contributed by atoms with Gasteiger partial charge in [-0.05, 0) is 60.7 Å². The number of hydrogen-bond donors (Lipinski definition) is 2. The molecule has 2 N–H and O–H groups in total. The Morgan fingerprint density at radius 1 is 1.41 bits per heavy atom. The quantitative estimate of drug-likeness (QED) is 0.481. The van der Waals surface area contributed by atoms with Crippen molar-refractivity contribution in [1.82, 2.24) is 10.5 Å². The third kappa shape index (κ3) is 5.34. The molecule has 1 aromatic heterocycles. The molecule has 3 rings (SSSR count). The Balaban J connectivity index is 1.62. The number of rotatable bonds is 6. The minimum absolute atomic E-state index is 0.148. The zero-order valence-electron chi connectivity index (χ0n) is 14.8. The molecule has 2 aromatic rings. The van der Waals surface area contributed by atoms with Crippen molar-refractivity contribution in [2.24, 2.45) is 0 Å². The van der Waals surface area contributed by atoms with Crippen LogP contribution in [0.25, 0.3) is 0 Å². The fourth-order valence-corrected chi connectivity index (χ4v) is 2.98. The van der Waals surface area contributed by atoms with Crippen LogP contribution in [0, 0.1) is 9.39 Å². The standard InChI is InChI=1S/C18H19FIN3O4/c1-18(2)25-9-12(27-18)10-26-23-17(24)13-5-6-21-8-16(13)22-15-4-3-11(20)7-14(15)19/h3-8,12,22H,9-10H2,1-2H3,(H,23,24). The van der Waals surface area contributed by atoms with E-state index < -0.39 is 17.5 Å². The van der Waals surface area contributed by atoms with Gasteiger partial charge in [0.25, 0.3) is 5.91 Å². The van der Waals surface area contributed by atoms with Crippen LogP contribution < -0.4 is 10.8 Å². The predicted octanol–water partition coefficient (Wildman–Crippen LogP) is 3.38. The fourth-order valence-electron chi connectivity index (χ4n) is 2.53. The second-order valence-electron chi connectivity index (χ2n) is 6.36. The number of hydrogen-bond acceptors (Lipinski definition) is 6. The Kier molecular flexibility index (Phi) is 6.25. The van der Waals surface area contributed by atoms with Crippen LogP contribution in [0.15, 0.2) is 36.7 Å². The first-order valence-corrected chi connectivity index (χ1v) is 9.32. The van der Waals surface area contributed by atoms with Crippen molar-refractivity contribution in [2.45, 2.75) is 25.7 Å². The lowest BCUT2D eigenvalue weighted by atomic mass is 10.2. The van der Waals surface area contributed by atoms with Gasteiger partial charge in [0.15, 0.2) is 5.79 Å². The van der Waals surface area contributed by atoms with Gasteiger partial charge in [0.1, 0.15) is 18.5 Å². The van der Waals surface area contributed by atoms with Crippen molar-refractivity contribution >= 4 is 39.9 Å². The molecule has 1 amide bonds. The van der Waals surface area contributed by atoms with E-state index >= 15 is 0 Å². The molecule has 7 nitrogen and oxygen atoms in total. The SMILES string of the molecule is CC1(C)OCC(CONC(=O)c2ccncc2Nc2ccc(I)cc2F)O1. The van der Waals surface area contributed by atoms with Gasteiger partial charge in [-0.3, -0.25) is 14.6 Å². The summed E-state index contributed by atoms with van der Waals surface area (Å²) in [5, 5.41) is 2.89. The van der Waals surface area contributed by atoms with Crippen LogP contribution in [0.2, 0.25) is 0 Å². The monoisotopic (exact) mass is 487 g/mol. The number of benzene rings is 1. The van der Waals surface area contributed by atoms with E-state index in [1.54, 1.807) is 12.1 Å². The highest BCUT2D eigenvalue weighted by molar-refractivity contribution is 14.1. The van der Waals surface area contributed by atoms with E-state index in [4.69, 9.17) is 14.3 Å². The number of carbonyl (C=O) groups excluding carboxylic acids is 1. The lowest BCUT2D eigenvalue weighted by molar-refractivity contribution is -0.147. The highest BCUT2D eigenvalue weighted by atomic mass is 127. The Morgan fingerprint density at radius 2 is 2.22 bits per heavy atom. The fraction of sp³-hybridized carbons (Fsp3) is 0.333. The average Bonchev–Trinajstić information content (AvgIpc) is 2.96. The second kappa shape index (κ2) is 8.46. The van der Waals surface area contributed by atoms with E-state index in [-0.39, 0.29) is 24.0 Å². The van der Waals surface area contributed by atoms with Crippen LogP contribution in [0.5, 0.6) is 0 Å². The molecule has 1 aliphatic rings. The molecule has 9 heteroatoms.